The number of halogens is 3. The van der Waals surface area contributed by atoms with Crippen LogP contribution in [0, 0.1) is 24.4 Å². The number of aromatic nitrogens is 2. The van der Waals surface area contributed by atoms with Gasteiger partial charge in [0.05, 0.1) is 53.6 Å². The average molecular weight is 567 g/mol. The van der Waals surface area contributed by atoms with Gasteiger partial charge in [-0.2, -0.15) is 0 Å². The van der Waals surface area contributed by atoms with E-state index in [-0.39, 0.29) is 16.7 Å². The molecule has 0 radical (unpaired) electrons. The molecule has 0 atom stereocenters. The van der Waals surface area contributed by atoms with Gasteiger partial charge in [-0.25, -0.2) is 22.5 Å². The molecule has 4 heterocycles. The van der Waals surface area contributed by atoms with Crippen LogP contribution in [0.4, 0.5) is 36.1 Å². The van der Waals surface area contributed by atoms with Gasteiger partial charge in [0.25, 0.3) is 0 Å². The minimum atomic E-state index is -0.672. The standard InChI is InChI=1S/C29H29F3N6OS/c1-19-28(34-22-16-23(18-33-17-22)36-10-12-39-13-11-36)27-25(32)14-21(31)15-26(27)35-29(19)37-6-8-38(9-7-37)40-24-4-2-20(30)3-5-24/h2-5,14-18H,6-13H2,1H3,(H,34,35). The molecule has 11 heteroatoms. The monoisotopic (exact) mass is 566 g/mol. The highest BCUT2D eigenvalue weighted by Crippen LogP contribution is 2.37. The molecule has 2 aliphatic heterocycles. The van der Waals surface area contributed by atoms with Crippen LogP contribution in [0.5, 0.6) is 0 Å². The van der Waals surface area contributed by atoms with Crippen LogP contribution in [0.3, 0.4) is 0 Å². The van der Waals surface area contributed by atoms with Crippen LogP contribution in [0.15, 0.2) is 59.8 Å². The highest BCUT2D eigenvalue weighted by Gasteiger charge is 2.24. The van der Waals surface area contributed by atoms with Gasteiger partial charge in [0.2, 0.25) is 0 Å². The lowest BCUT2D eigenvalue weighted by Gasteiger charge is -2.35. The van der Waals surface area contributed by atoms with Crippen LogP contribution in [0.25, 0.3) is 10.9 Å². The topological polar surface area (TPSA) is 56.8 Å². The van der Waals surface area contributed by atoms with Crippen LogP contribution < -0.4 is 15.1 Å². The van der Waals surface area contributed by atoms with Crippen molar-refractivity contribution in [2.45, 2.75) is 11.8 Å². The minimum Gasteiger partial charge on any atom is -0.378 e. The molecule has 40 heavy (non-hydrogen) atoms. The molecule has 0 saturated carbocycles. The van der Waals surface area contributed by atoms with E-state index in [1.54, 1.807) is 36.5 Å². The lowest BCUT2D eigenvalue weighted by molar-refractivity contribution is 0.122. The maximum Gasteiger partial charge on any atom is 0.137 e. The second-order valence-electron chi connectivity index (χ2n) is 9.83. The van der Waals surface area contributed by atoms with E-state index < -0.39 is 11.6 Å². The number of pyridine rings is 2. The highest BCUT2D eigenvalue weighted by molar-refractivity contribution is 7.97. The van der Waals surface area contributed by atoms with Crippen molar-refractivity contribution in [3.63, 3.8) is 0 Å². The predicted octanol–water partition coefficient (Wildman–Crippen LogP) is 5.77. The number of ether oxygens (including phenoxy) is 1. The van der Waals surface area contributed by atoms with Crippen molar-refractivity contribution in [1.82, 2.24) is 14.3 Å². The Morgan fingerprint density at radius 2 is 1.60 bits per heavy atom. The Morgan fingerprint density at radius 3 is 2.35 bits per heavy atom. The number of nitrogens with zero attached hydrogens (tertiary/aromatic N) is 5. The zero-order chi connectivity index (χ0) is 27.6. The third kappa shape index (κ3) is 5.67. The Kier molecular flexibility index (Phi) is 7.68. The fraction of sp³-hybridized carbons (Fsp3) is 0.310. The molecule has 1 N–H and O–H groups in total. The lowest BCUT2D eigenvalue weighted by Crippen LogP contribution is -2.44. The molecule has 0 spiro atoms. The van der Waals surface area contributed by atoms with Crippen molar-refractivity contribution in [3.05, 3.63) is 77.9 Å². The van der Waals surface area contributed by atoms with E-state index in [0.717, 1.165) is 48.4 Å². The Balaban J connectivity index is 1.29. The van der Waals surface area contributed by atoms with E-state index in [0.29, 0.717) is 43.5 Å². The molecule has 2 saturated heterocycles. The maximum absolute atomic E-state index is 15.2. The maximum atomic E-state index is 15.2. The zero-order valence-electron chi connectivity index (χ0n) is 22.0. The van der Waals surface area contributed by atoms with Gasteiger partial charge in [-0.3, -0.25) is 4.98 Å². The number of hydrogen-bond acceptors (Lipinski definition) is 8. The van der Waals surface area contributed by atoms with Gasteiger partial charge in [-0.1, -0.05) is 0 Å². The van der Waals surface area contributed by atoms with Crippen molar-refractivity contribution in [2.75, 3.05) is 67.6 Å². The minimum absolute atomic E-state index is 0.241. The fourth-order valence-corrected chi connectivity index (χ4v) is 6.03. The first-order valence-corrected chi connectivity index (χ1v) is 14.0. The summed E-state index contributed by atoms with van der Waals surface area (Å²) in [7, 11) is 0. The third-order valence-corrected chi connectivity index (χ3v) is 8.28. The molecule has 208 valence electrons. The van der Waals surface area contributed by atoms with E-state index in [1.807, 2.05) is 13.0 Å². The van der Waals surface area contributed by atoms with Crippen LogP contribution in [0.1, 0.15) is 5.56 Å². The smallest absolute Gasteiger partial charge is 0.137 e. The largest absolute Gasteiger partial charge is 0.378 e. The normalized spacial score (nSPS) is 16.5. The summed E-state index contributed by atoms with van der Waals surface area (Å²) in [6, 6.07) is 10.6. The number of nitrogens with one attached hydrogen (secondary N) is 1. The van der Waals surface area contributed by atoms with Crippen LogP contribution >= 0.6 is 11.9 Å². The van der Waals surface area contributed by atoms with Gasteiger partial charge in [0.1, 0.15) is 23.3 Å². The Bertz CT molecular complexity index is 1510. The number of benzene rings is 2. The van der Waals surface area contributed by atoms with Crippen molar-refractivity contribution in [2.24, 2.45) is 0 Å². The summed E-state index contributed by atoms with van der Waals surface area (Å²) in [4.78, 5) is 14.5. The van der Waals surface area contributed by atoms with Crippen molar-refractivity contribution in [3.8, 4) is 0 Å². The van der Waals surface area contributed by atoms with E-state index in [4.69, 9.17) is 9.72 Å². The van der Waals surface area contributed by atoms with E-state index in [2.05, 4.69) is 24.4 Å². The third-order valence-electron chi connectivity index (χ3n) is 7.18. The van der Waals surface area contributed by atoms with Gasteiger partial charge in [0.15, 0.2) is 0 Å². The molecule has 0 bridgehead atoms. The van der Waals surface area contributed by atoms with Gasteiger partial charge >= 0.3 is 0 Å². The first-order chi connectivity index (χ1) is 19.4. The van der Waals surface area contributed by atoms with Crippen LogP contribution in [-0.2, 0) is 4.74 Å². The molecule has 2 aliphatic rings. The summed E-state index contributed by atoms with van der Waals surface area (Å²) in [6.07, 6.45) is 3.50. The molecule has 0 aliphatic carbocycles. The first kappa shape index (κ1) is 26.7. The molecule has 2 fully saturated rings. The molecular weight excluding hydrogens is 537 g/mol. The lowest BCUT2D eigenvalue weighted by atomic mass is 10.1. The summed E-state index contributed by atoms with van der Waals surface area (Å²) < 4.78 is 50.5. The second kappa shape index (κ2) is 11.5. The van der Waals surface area contributed by atoms with Crippen molar-refractivity contribution >= 4 is 45.7 Å². The summed E-state index contributed by atoms with van der Waals surface area (Å²) >= 11 is 1.59. The molecule has 0 amide bonds. The Labute approximate surface area is 235 Å². The summed E-state index contributed by atoms with van der Waals surface area (Å²) in [5, 5.41) is 3.63. The van der Waals surface area contributed by atoms with Gasteiger partial charge in [0, 0.05) is 61.9 Å². The number of piperazine rings is 1. The average Bonchev–Trinajstić information content (AvgIpc) is 2.96. The highest BCUT2D eigenvalue weighted by atomic mass is 32.2. The van der Waals surface area contributed by atoms with E-state index >= 15 is 4.39 Å². The fourth-order valence-electron chi connectivity index (χ4n) is 5.13. The number of anilines is 4. The van der Waals surface area contributed by atoms with E-state index in [9.17, 15) is 8.78 Å². The Hall–Kier alpha value is -3.54. The molecule has 7 nitrogen and oxygen atoms in total. The number of rotatable bonds is 6. The second-order valence-corrected chi connectivity index (χ2v) is 11.0. The van der Waals surface area contributed by atoms with E-state index in [1.165, 1.54) is 18.2 Å². The summed E-state index contributed by atoms with van der Waals surface area (Å²) in [5.41, 5.74) is 3.22. The summed E-state index contributed by atoms with van der Waals surface area (Å²) in [5.74, 6) is -0.913. The number of morpholine rings is 1. The molecule has 2 aromatic carbocycles. The zero-order valence-corrected chi connectivity index (χ0v) is 22.9. The molecule has 2 aromatic heterocycles. The van der Waals surface area contributed by atoms with Crippen LogP contribution in [-0.4, -0.2) is 66.8 Å². The molecule has 0 unspecified atom stereocenters. The first-order valence-electron chi connectivity index (χ1n) is 13.2. The molecule has 6 rings (SSSR count). The van der Waals surface area contributed by atoms with Crippen molar-refractivity contribution < 1.29 is 17.9 Å². The molecule has 4 aromatic rings. The number of fused-ring (bicyclic) bond motifs is 1. The number of hydrogen-bond donors (Lipinski definition) is 1. The predicted molar refractivity (Wildman–Crippen MR) is 153 cm³/mol. The molecular formula is C29H29F3N6OS. The summed E-state index contributed by atoms with van der Waals surface area (Å²) in [6.45, 7) is 7.60. The quantitative estimate of drug-likeness (QED) is 0.296. The van der Waals surface area contributed by atoms with Gasteiger partial charge < -0.3 is 19.9 Å². The van der Waals surface area contributed by atoms with Gasteiger partial charge in [-0.05, 0) is 49.2 Å². The van der Waals surface area contributed by atoms with Crippen molar-refractivity contribution in [1.29, 1.82) is 0 Å². The SMILES string of the molecule is Cc1c(N2CCN(Sc3ccc(F)cc3)CC2)nc2cc(F)cc(F)c2c1Nc1cncc(N2CCOCC2)c1. The Morgan fingerprint density at radius 1 is 0.850 bits per heavy atom. The van der Waals surface area contributed by atoms with Crippen LogP contribution in [0.2, 0.25) is 0 Å². The van der Waals surface area contributed by atoms with Gasteiger partial charge in [-0.15, -0.1) is 0 Å².